The van der Waals surface area contributed by atoms with Crippen molar-refractivity contribution in [2.45, 2.75) is 56.8 Å². The number of nitrogens with zero attached hydrogens (tertiary/aromatic N) is 1. The van der Waals surface area contributed by atoms with Crippen molar-refractivity contribution in [1.82, 2.24) is 20.9 Å². The van der Waals surface area contributed by atoms with Crippen molar-refractivity contribution >= 4 is 23.8 Å². The lowest BCUT2D eigenvalue weighted by Gasteiger charge is -2.37. The number of para-hydroxylation sites is 1. The van der Waals surface area contributed by atoms with Gasteiger partial charge in [0.2, 0.25) is 18.0 Å². The second kappa shape index (κ2) is 11.4. The summed E-state index contributed by atoms with van der Waals surface area (Å²) in [5.74, 6) is -0.0871. The molecule has 34 heavy (non-hydrogen) atoms. The third-order valence-corrected chi connectivity index (χ3v) is 6.23. The molecule has 1 saturated carbocycles. The van der Waals surface area contributed by atoms with Crippen LogP contribution in [0.4, 0.5) is 0 Å². The van der Waals surface area contributed by atoms with E-state index in [9.17, 15) is 14.4 Å². The molecule has 3 N–H and O–H groups in total. The van der Waals surface area contributed by atoms with E-state index in [0.717, 1.165) is 31.2 Å². The number of carbonyl (C=O) groups excluding carboxylic acids is 3. The lowest BCUT2D eigenvalue weighted by Crippen LogP contribution is -2.72. The Morgan fingerprint density at radius 1 is 1.09 bits per heavy atom. The Labute approximate surface area is 199 Å². The molecule has 1 aliphatic heterocycles. The van der Waals surface area contributed by atoms with Crippen LogP contribution < -0.4 is 20.7 Å². The molecule has 8 heteroatoms. The Bertz CT molecular complexity index is 1010. The van der Waals surface area contributed by atoms with Crippen molar-refractivity contribution in [2.24, 2.45) is 5.92 Å². The second-order valence-corrected chi connectivity index (χ2v) is 8.76. The molecule has 3 atom stereocenters. The normalized spacial score (nSPS) is 21.2. The van der Waals surface area contributed by atoms with E-state index in [1.54, 1.807) is 42.7 Å². The summed E-state index contributed by atoms with van der Waals surface area (Å²) in [5, 5.41) is 8.29. The summed E-state index contributed by atoms with van der Waals surface area (Å²) in [5.41, 5.74) is 0.838. The Hall–Kier alpha value is -3.68. The van der Waals surface area contributed by atoms with Gasteiger partial charge < -0.3 is 20.7 Å². The fraction of sp³-hybridized carbons (Fsp3) is 0.385. The largest absolute Gasteiger partial charge is 0.468 e. The Kier molecular flexibility index (Phi) is 7.91. The molecule has 2 heterocycles. The molecule has 0 spiro atoms. The van der Waals surface area contributed by atoms with E-state index in [1.165, 1.54) is 12.5 Å². The first kappa shape index (κ1) is 23.5. The van der Waals surface area contributed by atoms with Gasteiger partial charge in [0.05, 0.1) is 0 Å². The van der Waals surface area contributed by atoms with Crippen LogP contribution in [0.15, 0.2) is 60.9 Å². The van der Waals surface area contributed by atoms with Crippen molar-refractivity contribution < 1.29 is 19.1 Å². The summed E-state index contributed by atoms with van der Waals surface area (Å²) in [6.45, 7) is 0. The summed E-state index contributed by atoms with van der Waals surface area (Å²) >= 11 is 0. The maximum atomic E-state index is 13.2. The molecule has 0 unspecified atom stereocenters. The molecule has 2 fully saturated rings. The topological polar surface area (TPSA) is 109 Å². The third-order valence-electron chi connectivity index (χ3n) is 6.23. The van der Waals surface area contributed by atoms with Gasteiger partial charge in [0.15, 0.2) is 6.04 Å². The highest BCUT2D eigenvalue weighted by Crippen LogP contribution is 2.27. The van der Waals surface area contributed by atoms with Crippen molar-refractivity contribution in [1.29, 1.82) is 0 Å². The minimum Gasteiger partial charge on any atom is -0.468 e. The molecule has 1 aromatic heterocycles. The van der Waals surface area contributed by atoms with Gasteiger partial charge in [-0.3, -0.25) is 19.4 Å². The number of rotatable bonds is 9. The van der Waals surface area contributed by atoms with Crippen molar-refractivity contribution in [2.75, 3.05) is 0 Å². The zero-order valence-corrected chi connectivity index (χ0v) is 19.0. The van der Waals surface area contributed by atoms with Gasteiger partial charge in [0, 0.05) is 18.5 Å². The van der Waals surface area contributed by atoms with E-state index < -0.39 is 18.3 Å². The van der Waals surface area contributed by atoms with E-state index in [1.807, 2.05) is 18.2 Å². The van der Waals surface area contributed by atoms with E-state index in [-0.39, 0.29) is 17.7 Å². The van der Waals surface area contributed by atoms with Crippen molar-refractivity contribution in [3.05, 3.63) is 66.5 Å². The average Bonchev–Trinajstić information content (AvgIpc) is 2.87. The van der Waals surface area contributed by atoms with Gasteiger partial charge in [-0.25, -0.2) is 0 Å². The van der Waals surface area contributed by atoms with Crippen LogP contribution >= 0.6 is 0 Å². The van der Waals surface area contributed by atoms with Gasteiger partial charge in [-0.05, 0) is 48.2 Å². The van der Waals surface area contributed by atoms with Crippen molar-refractivity contribution in [3.63, 3.8) is 0 Å². The quantitative estimate of drug-likeness (QED) is 0.392. The predicted octanol–water partition coefficient (Wildman–Crippen LogP) is 2.57. The van der Waals surface area contributed by atoms with Crippen LogP contribution in [0.2, 0.25) is 0 Å². The molecule has 0 bridgehead atoms. The van der Waals surface area contributed by atoms with Crippen LogP contribution in [-0.4, -0.2) is 41.0 Å². The zero-order valence-electron chi connectivity index (χ0n) is 19.0. The molecule has 8 nitrogen and oxygen atoms in total. The van der Waals surface area contributed by atoms with Gasteiger partial charge in [-0.1, -0.05) is 50.3 Å². The lowest BCUT2D eigenvalue weighted by molar-refractivity contribution is -0.144. The van der Waals surface area contributed by atoms with Crippen LogP contribution in [0.25, 0.3) is 6.08 Å². The summed E-state index contributed by atoms with van der Waals surface area (Å²) in [4.78, 5) is 41.9. The van der Waals surface area contributed by atoms with Crippen LogP contribution in [0.3, 0.4) is 0 Å². The minimum atomic E-state index is -0.814. The maximum Gasteiger partial charge on any atom is 0.251 e. The summed E-state index contributed by atoms with van der Waals surface area (Å²) in [6, 6.07) is 11.1. The van der Waals surface area contributed by atoms with Crippen LogP contribution in [0.1, 0.15) is 44.1 Å². The smallest absolute Gasteiger partial charge is 0.251 e. The Morgan fingerprint density at radius 3 is 2.53 bits per heavy atom. The molecule has 2 aromatic rings. The van der Waals surface area contributed by atoms with Gasteiger partial charge in [0.1, 0.15) is 11.8 Å². The molecule has 2 aliphatic rings. The molecular weight excluding hydrogens is 432 g/mol. The van der Waals surface area contributed by atoms with Gasteiger partial charge >= 0.3 is 0 Å². The van der Waals surface area contributed by atoms with Crippen LogP contribution in [-0.2, 0) is 14.4 Å². The first-order valence-electron chi connectivity index (χ1n) is 11.8. The number of β-lactam (4-membered cyclic amide) rings is 1. The van der Waals surface area contributed by atoms with Crippen LogP contribution in [0.5, 0.6) is 5.75 Å². The summed E-state index contributed by atoms with van der Waals surface area (Å²) < 4.78 is 5.78. The van der Waals surface area contributed by atoms with E-state index >= 15 is 0 Å². The monoisotopic (exact) mass is 462 g/mol. The van der Waals surface area contributed by atoms with E-state index in [4.69, 9.17) is 4.74 Å². The first-order chi connectivity index (χ1) is 16.6. The molecule has 178 valence electrons. The first-order valence-corrected chi connectivity index (χ1v) is 11.8. The highest BCUT2D eigenvalue weighted by atomic mass is 16.5. The maximum absolute atomic E-state index is 13.2. The molecule has 0 radical (unpaired) electrons. The van der Waals surface area contributed by atoms with Crippen molar-refractivity contribution in [3.8, 4) is 5.75 Å². The molecule has 3 amide bonds. The number of benzene rings is 1. The highest BCUT2D eigenvalue weighted by molar-refractivity contribution is 5.98. The second-order valence-electron chi connectivity index (χ2n) is 8.76. The third kappa shape index (κ3) is 6.43. The van der Waals surface area contributed by atoms with Gasteiger partial charge in [-0.2, -0.15) is 0 Å². The van der Waals surface area contributed by atoms with Gasteiger partial charge in [0.25, 0.3) is 5.91 Å². The fourth-order valence-corrected chi connectivity index (χ4v) is 4.35. The zero-order chi connectivity index (χ0) is 23.8. The number of aromatic nitrogens is 1. The number of pyridine rings is 1. The van der Waals surface area contributed by atoms with Crippen LogP contribution in [0, 0.1) is 5.92 Å². The fourth-order valence-electron chi connectivity index (χ4n) is 4.35. The Balaban J connectivity index is 1.39. The standard InChI is InChI=1S/C26H30N4O4/c31-22(12-11-18-13-15-27-16-14-18)28-21(17-19-7-3-1-4-8-19)24(32)29-23-25(33)30-26(23)34-20-9-5-2-6-10-20/h2,5-6,9-16,19,21,23,26H,1,3-4,7-8,17H2,(H,28,31)(H,29,32)(H,30,33)/t21-,23+,26-/m0/s1. The number of carbonyl (C=O) groups is 3. The van der Waals surface area contributed by atoms with Gasteiger partial charge in [-0.15, -0.1) is 0 Å². The molecule has 1 saturated heterocycles. The average molecular weight is 463 g/mol. The number of hydrogen-bond donors (Lipinski definition) is 3. The number of amides is 3. The molecule has 4 rings (SSSR count). The summed E-state index contributed by atoms with van der Waals surface area (Å²) in [6.07, 6.45) is 11.8. The highest BCUT2D eigenvalue weighted by Gasteiger charge is 2.43. The molecule has 1 aromatic carbocycles. The SMILES string of the molecule is O=C(C=Cc1ccncc1)N[C@@H](CC1CCCCC1)C(=O)N[C@@H]1C(=O)N[C@H]1Oc1ccccc1. The van der Waals surface area contributed by atoms with E-state index in [2.05, 4.69) is 20.9 Å². The molecular formula is C26H30N4O4. The number of hydrogen-bond acceptors (Lipinski definition) is 5. The predicted molar refractivity (Wildman–Crippen MR) is 127 cm³/mol. The van der Waals surface area contributed by atoms with E-state index in [0.29, 0.717) is 18.1 Å². The number of ether oxygens (including phenoxy) is 1. The lowest BCUT2D eigenvalue weighted by atomic mass is 9.84. The number of nitrogens with one attached hydrogen (secondary N) is 3. The summed E-state index contributed by atoms with van der Waals surface area (Å²) in [7, 11) is 0. The molecule has 1 aliphatic carbocycles. The Morgan fingerprint density at radius 2 is 1.82 bits per heavy atom. The minimum absolute atomic E-state index is 0.311.